The van der Waals surface area contributed by atoms with Crippen LogP contribution in [0.25, 0.3) is 11.2 Å². The van der Waals surface area contributed by atoms with Crippen molar-refractivity contribution in [1.82, 2.24) is 19.5 Å². The van der Waals surface area contributed by atoms with Gasteiger partial charge in [-0.25, -0.2) is 0 Å². The second kappa shape index (κ2) is 5.73. The van der Waals surface area contributed by atoms with Crippen molar-refractivity contribution in [3.63, 3.8) is 0 Å². The van der Waals surface area contributed by atoms with Crippen LogP contribution in [0.15, 0.2) is 12.7 Å². The van der Waals surface area contributed by atoms with Crippen LogP contribution in [-0.4, -0.2) is 32.3 Å². The van der Waals surface area contributed by atoms with Crippen LogP contribution in [-0.2, 0) is 15.8 Å². The zero-order chi connectivity index (χ0) is 13.0. The molecule has 2 heterocycles. The number of halogens is 1. The van der Waals surface area contributed by atoms with Crippen LogP contribution in [0.1, 0.15) is 0 Å². The summed E-state index contributed by atoms with van der Waals surface area (Å²) in [5, 5.41) is 0. The third kappa shape index (κ3) is 2.56. The minimum atomic E-state index is -0.806. The van der Waals surface area contributed by atoms with Gasteiger partial charge in [0.25, 0.3) is 0 Å². The Morgan fingerprint density at radius 2 is 2.39 bits per heavy atom. The number of imidazole rings is 1. The number of hydrogen-bond acceptors (Lipinski definition) is 6. The van der Waals surface area contributed by atoms with Gasteiger partial charge in [-0.15, -0.1) is 0 Å². The zero-order valence-corrected chi connectivity index (χ0v) is 10.0. The summed E-state index contributed by atoms with van der Waals surface area (Å²) < 4.78 is 29.3. The molecule has 94 valence electrons. The quantitative estimate of drug-likeness (QED) is 0.831. The summed E-state index contributed by atoms with van der Waals surface area (Å²) in [6.07, 6.45) is 1.96. The number of nitrogen functional groups attached to an aromatic ring is 1. The van der Waals surface area contributed by atoms with Crippen molar-refractivity contribution < 1.29 is 13.7 Å². The molecule has 2 aromatic rings. The van der Waals surface area contributed by atoms with E-state index in [4.69, 9.17) is 10.5 Å². The van der Waals surface area contributed by atoms with E-state index in [2.05, 4.69) is 20.8 Å². The average Bonchev–Trinajstić information content (AvgIpc) is 2.79. The molecule has 0 aliphatic carbocycles. The molecule has 0 fully saturated rings. The van der Waals surface area contributed by atoms with Crippen molar-refractivity contribution >= 4 is 24.9 Å². The summed E-state index contributed by atoms with van der Waals surface area (Å²) in [5.74, 6) is 2.31. The average molecular weight is 269 g/mol. The molecular weight excluding hydrogens is 260 g/mol. The standard InChI is InChI=1S/C9H9FN5O2P/c10-1-6(17-5-18-16)2-15-4-14-7-8(11)12-3-13-9(7)15/h3-4,6H,1-2H2,(H2,11,12,13)/t6-/m1/s1. The molecule has 0 saturated heterocycles. The Labute approximate surface area is 102 Å². The van der Waals surface area contributed by atoms with Gasteiger partial charge in [0.2, 0.25) is 0 Å². The summed E-state index contributed by atoms with van der Waals surface area (Å²) in [6.45, 7) is -0.589. The van der Waals surface area contributed by atoms with E-state index in [-0.39, 0.29) is 12.4 Å². The number of rotatable bonds is 4. The maximum atomic E-state index is 12.7. The van der Waals surface area contributed by atoms with Crippen LogP contribution < -0.4 is 5.73 Å². The van der Waals surface area contributed by atoms with Gasteiger partial charge < -0.3 is 0 Å². The molecule has 2 aromatic heterocycles. The molecule has 9 heteroatoms. The van der Waals surface area contributed by atoms with E-state index in [9.17, 15) is 8.96 Å². The number of alkyl halides is 1. The Morgan fingerprint density at radius 1 is 1.56 bits per heavy atom. The van der Waals surface area contributed by atoms with Crippen LogP contribution in [0.3, 0.4) is 0 Å². The van der Waals surface area contributed by atoms with Crippen LogP contribution >= 0.6 is 7.92 Å². The first-order valence-electron chi connectivity index (χ1n) is 4.96. The van der Waals surface area contributed by atoms with Crippen LogP contribution in [0.5, 0.6) is 0 Å². The van der Waals surface area contributed by atoms with Crippen molar-refractivity contribution in [3.8, 4) is 5.81 Å². The van der Waals surface area contributed by atoms with Gasteiger partial charge in [0, 0.05) is 0 Å². The summed E-state index contributed by atoms with van der Waals surface area (Å²) >= 11 is 0. The summed E-state index contributed by atoms with van der Waals surface area (Å²) in [5.41, 5.74) is 6.57. The van der Waals surface area contributed by atoms with E-state index in [1.165, 1.54) is 12.7 Å². The molecule has 0 spiro atoms. The number of aromatic nitrogens is 4. The molecule has 0 saturated carbocycles. The maximum absolute atomic E-state index is 12.7. The van der Waals surface area contributed by atoms with E-state index >= 15 is 0 Å². The second-order valence-corrected chi connectivity index (χ2v) is 3.77. The second-order valence-electron chi connectivity index (χ2n) is 3.40. The molecule has 0 amide bonds. The SMILES string of the molecule is Nc1ncnc2c1ncn2C[C@@H](CF)OC#P=O. The Balaban J connectivity index is 2.27. The molecule has 0 radical (unpaired) electrons. The van der Waals surface area contributed by atoms with Gasteiger partial charge in [0.15, 0.2) is 0 Å². The van der Waals surface area contributed by atoms with Crippen molar-refractivity contribution in [3.05, 3.63) is 12.7 Å². The molecule has 0 unspecified atom stereocenters. The number of fused-ring (bicyclic) bond motifs is 1. The fourth-order valence-electron chi connectivity index (χ4n) is 1.47. The molecule has 2 rings (SSSR count). The Bertz CT molecular complexity index is 655. The first-order chi connectivity index (χ1) is 8.76. The van der Waals surface area contributed by atoms with Gasteiger partial charge >= 0.3 is 102 Å². The predicted molar refractivity (Wildman–Crippen MR) is 62.1 cm³/mol. The van der Waals surface area contributed by atoms with Gasteiger partial charge in [0.05, 0.1) is 0 Å². The van der Waals surface area contributed by atoms with Crippen molar-refractivity contribution in [2.45, 2.75) is 12.6 Å². The molecule has 0 aromatic carbocycles. The van der Waals surface area contributed by atoms with Gasteiger partial charge in [-0.3, -0.25) is 0 Å². The van der Waals surface area contributed by atoms with E-state index in [1.807, 2.05) is 0 Å². The molecule has 18 heavy (non-hydrogen) atoms. The normalized spacial score (nSPS) is 12.3. The number of ether oxygens (including phenoxy) is 1. The first kappa shape index (κ1) is 12.7. The van der Waals surface area contributed by atoms with Crippen LogP contribution in [0.2, 0.25) is 0 Å². The van der Waals surface area contributed by atoms with Crippen LogP contribution in [0.4, 0.5) is 10.2 Å². The molecule has 0 aliphatic rings. The predicted octanol–water partition coefficient (Wildman–Crippen LogP) is 0.972. The Morgan fingerprint density at radius 3 is 3.11 bits per heavy atom. The van der Waals surface area contributed by atoms with Gasteiger partial charge in [-0.05, 0) is 0 Å². The first-order valence-corrected chi connectivity index (χ1v) is 5.77. The van der Waals surface area contributed by atoms with Crippen molar-refractivity contribution in [2.75, 3.05) is 12.4 Å². The summed E-state index contributed by atoms with van der Waals surface area (Å²) in [4.78, 5) is 11.9. The van der Waals surface area contributed by atoms with Crippen molar-refractivity contribution in [2.24, 2.45) is 0 Å². The Kier molecular flexibility index (Phi) is 4.04. The molecule has 2 N–H and O–H groups in total. The number of nitrogens with zero attached hydrogens (tertiary/aromatic N) is 4. The zero-order valence-electron chi connectivity index (χ0n) is 9.15. The monoisotopic (exact) mass is 269 g/mol. The topological polar surface area (TPSA) is 95.9 Å². The molecule has 1 atom stereocenters. The fraction of sp³-hybridized carbons (Fsp3) is 0.333. The fourth-order valence-corrected chi connectivity index (χ4v) is 1.66. The molecule has 7 nitrogen and oxygen atoms in total. The summed E-state index contributed by atoms with van der Waals surface area (Å²) in [7, 11) is -0.427. The number of hydrogen-bond donors (Lipinski definition) is 1. The summed E-state index contributed by atoms with van der Waals surface area (Å²) in [6, 6.07) is 0. The number of nitrogens with two attached hydrogens (primary N) is 1. The van der Waals surface area contributed by atoms with E-state index in [0.717, 1.165) is 0 Å². The minimum absolute atomic E-state index is 0.159. The van der Waals surface area contributed by atoms with Gasteiger partial charge in [-0.1, -0.05) is 0 Å². The van der Waals surface area contributed by atoms with Crippen LogP contribution in [0, 0.1) is 5.81 Å². The third-order valence-electron chi connectivity index (χ3n) is 2.26. The molecule has 0 bridgehead atoms. The van der Waals surface area contributed by atoms with E-state index < -0.39 is 20.7 Å². The van der Waals surface area contributed by atoms with E-state index in [0.29, 0.717) is 11.2 Å². The number of anilines is 1. The molecular formula is C9H9FN5O2P. The Hall–Kier alpha value is -1.75. The third-order valence-corrected chi connectivity index (χ3v) is 2.44. The van der Waals surface area contributed by atoms with E-state index in [1.54, 1.807) is 4.57 Å². The van der Waals surface area contributed by atoms with Crippen molar-refractivity contribution in [1.29, 1.82) is 0 Å². The molecule has 0 aliphatic heterocycles. The van der Waals surface area contributed by atoms with Gasteiger partial charge in [-0.2, -0.15) is 0 Å². The van der Waals surface area contributed by atoms with Gasteiger partial charge in [0.1, 0.15) is 0 Å².